The molecule has 0 saturated carbocycles. The molecule has 184 valence electrons. The Labute approximate surface area is 241 Å². The summed E-state index contributed by atoms with van der Waals surface area (Å²) in [5, 5.41) is 28.5. The predicted molar refractivity (Wildman–Crippen MR) is 77.9 cm³/mol. The third-order valence-electron chi connectivity index (χ3n) is 2.35. The van der Waals surface area contributed by atoms with Gasteiger partial charge in [-0.3, -0.25) is 0 Å². The third kappa shape index (κ3) is 25.6. The van der Waals surface area contributed by atoms with E-state index in [1.807, 2.05) is 0 Å². The molecule has 0 bridgehead atoms. The molecule has 0 aliphatic carbocycles. The maximum Gasteiger partial charge on any atom is 1.00 e. The molecule has 1 saturated heterocycles. The molecule has 0 aromatic carbocycles. The summed E-state index contributed by atoms with van der Waals surface area (Å²) in [4.78, 5) is 41.0. The molecule has 1 fully saturated rings. The molecule has 0 spiro atoms. The standard InChI is InChI=1S/C6H14O12P2.3Na.8H2O/c7-4-3(1-16-19(10,11)12)18-6(9,5(4)8)2-17-20(13,14)15;;;;;;;;;;;/h3-5,7-9H,1-2H2,(H2,10,11,12)(H2,13,14,15);;;;8*1H2/q;3*+1;;;;;;;;/p-4/t3-,4-,5+,6?;;;;;;;;;;;/m1.........../s1. The van der Waals surface area contributed by atoms with Crippen molar-refractivity contribution in [2.45, 2.75) is 24.1 Å². The van der Waals surface area contributed by atoms with Gasteiger partial charge in [-0.2, -0.15) is 0 Å². The number of phosphoric ester groups is 2. The summed E-state index contributed by atoms with van der Waals surface area (Å²) in [5.74, 6) is -2.78. The van der Waals surface area contributed by atoms with E-state index in [-0.39, 0.29) is 132 Å². The molecule has 1 aliphatic rings. The fourth-order valence-corrected chi connectivity index (χ4v) is 2.13. The molecule has 4 atom stereocenters. The minimum atomic E-state index is -5.48. The van der Waals surface area contributed by atoms with Crippen LogP contribution in [0.4, 0.5) is 0 Å². The molecule has 1 unspecified atom stereocenters. The second-order valence-electron chi connectivity index (χ2n) is 3.90. The van der Waals surface area contributed by atoms with Crippen LogP contribution in [0.25, 0.3) is 0 Å². The van der Waals surface area contributed by atoms with Crippen LogP contribution < -0.4 is 108 Å². The topological polar surface area (TPSA) is 467 Å². The Kier molecular flexibility index (Phi) is 61.7. The summed E-state index contributed by atoms with van der Waals surface area (Å²) in [6.07, 6.45) is -5.69. The Bertz CT molecular complexity index is 447. The molecular weight excluding hydrogens is 523 g/mol. The van der Waals surface area contributed by atoms with Crippen LogP contribution in [-0.2, 0) is 22.9 Å². The molecular formula is C6H26Na3O20P2-. The molecule has 31 heavy (non-hydrogen) atoms. The second-order valence-corrected chi connectivity index (χ2v) is 6.21. The van der Waals surface area contributed by atoms with Gasteiger partial charge in [-0.05, 0) is 0 Å². The zero-order valence-corrected chi connectivity index (χ0v) is 24.3. The van der Waals surface area contributed by atoms with Crippen LogP contribution in [0.5, 0.6) is 0 Å². The van der Waals surface area contributed by atoms with Crippen molar-refractivity contribution in [2.75, 3.05) is 13.2 Å². The molecule has 1 rings (SSSR count). The van der Waals surface area contributed by atoms with Gasteiger partial charge in [-0.1, -0.05) is 0 Å². The maximum absolute atomic E-state index is 10.3. The molecule has 0 amide bonds. The summed E-state index contributed by atoms with van der Waals surface area (Å²) in [5.41, 5.74) is 0. The van der Waals surface area contributed by atoms with Gasteiger partial charge >= 0.3 is 88.7 Å². The largest absolute Gasteiger partial charge is 1.00 e. The van der Waals surface area contributed by atoms with Crippen molar-refractivity contribution >= 4 is 15.6 Å². The second kappa shape index (κ2) is 27.3. The van der Waals surface area contributed by atoms with Gasteiger partial charge in [0.25, 0.3) is 0 Å². The minimum Gasteiger partial charge on any atom is -0.790 e. The van der Waals surface area contributed by atoms with E-state index in [2.05, 4.69) is 13.8 Å². The first-order valence-electron chi connectivity index (χ1n) is 4.93. The van der Waals surface area contributed by atoms with Gasteiger partial charge in [0.05, 0.1) is 22.3 Å². The minimum absolute atomic E-state index is 0. The van der Waals surface area contributed by atoms with Gasteiger partial charge in [-0.25, -0.2) is 0 Å². The number of rotatable bonds is 6. The molecule has 1 heterocycles. The maximum atomic E-state index is 10.3. The average Bonchev–Trinajstić information content (AvgIpc) is 2.48. The average molecular weight is 549 g/mol. The van der Waals surface area contributed by atoms with E-state index >= 15 is 0 Å². The Balaban J connectivity index is -0.0000000404. The van der Waals surface area contributed by atoms with Crippen LogP contribution in [0, 0.1) is 0 Å². The number of ether oxygens (including phenoxy) is 1. The number of phosphoric acid groups is 2. The molecule has 25 heteroatoms. The van der Waals surface area contributed by atoms with Gasteiger partial charge in [-0.15, -0.1) is 0 Å². The van der Waals surface area contributed by atoms with Gasteiger partial charge in [0.2, 0.25) is 5.79 Å². The molecule has 20 nitrogen and oxygen atoms in total. The van der Waals surface area contributed by atoms with Crippen LogP contribution in [-0.4, -0.2) is 96.4 Å². The van der Waals surface area contributed by atoms with Crippen molar-refractivity contribution < 1.29 is 190 Å². The summed E-state index contributed by atoms with van der Waals surface area (Å²) in [6.45, 7) is -2.37. The quantitative estimate of drug-likeness (QED) is 0.205. The van der Waals surface area contributed by atoms with E-state index in [0.29, 0.717) is 0 Å². The number of hydrogen-bond donors (Lipinski definition) is 3. The van der Waals surface area contributed by atoms with Crippen molar-refractivity contribution in [1.82, 2.24) is 0 Å². The number of aliphatic hydroxyl groups is 3. The van der Waals surface area contributed by atoms with Gasteiger partial charge in [0, 0.05) is 0 Å². The van der Waals surface area contributed by atoms with E-state index in [1.54, 1.807) is 0 Å². The first kappa shape index (κ1) is 69.9. The Morgan fingerprint density at radius 2 is 1.10 bits per heavy atom. The summed E-state index contributed by atoms with van der Waals surface area (Å²) in [6, 6.07) is 0. The zero-order chi connectivity index (χ0) is 15.8. The smallest absolute Gasteiger partial charge is 0.790 e. The number of aliphatic hydroxyl groups excluding tert-OH is 2. The van der Waals surface area contributed by atoms with Crippen molar-refractivity contribution in [3.8, 4) is 0 Å². The Hall–Kier alpha value is 2.74. The van der Waals surface area contributed by atoms with Crippen LogP contribution in [0.15, 0.2) is 0 Å². The Morgan fingerprint density at radius 1 is 0.774 bits per heavy atom. The van der Waals surface area contributed by atoms with Crippen LogP contribution in [0.3, 0.4) is 0 Å². The van der Waals surface area contributed by atoms with Crippen molar-refractivity contribution in [2.24, 2.45) is 0 Å². The van der Waals surface area contributed by atoms with Crippen LogP contribution in [0.1, 0.15) is 0 Å². The fraction of sp³-hybridized carbons (Fsp3) is 1.00. The molecule has 19 N–H and O–H groups in total. The van der Waals surface area contributed by atoms with Crippen molar-refractivity contribution in [3.63, 3.8) is 0 Å². The van der Waals surface area contributed by atoms with Crippen LogP contribution in [0.2, 0.25) is 0 Å². The van der Waals surface area contributed by atoms with E-state index in [1.165, 1.54) is 0 Å². The van der Waals surface area contributed by atoms with Crippen molar-refractivity contribution in [1.29, 1.82) is 0 Å². The van der Waals surface area contributed by atoms with E-state index in [4.69, 9.17) is 0 Å². The first-order chi connectivity index (χ1) is 8.84. The molecule has 0 radical (unpaired) electrons. The zero-order valence-electron chi connectivity index (χ0n) is 16.6. The SMILES string of the molecule is O.O.O.O.O.O.O.O.O=P([O-])([O-])OC[C@H]1OC(O)(COP(=O)([O-])[O-])[C@@H](O)[C@@H]1O.[Na+].[Na+].[Na+]. The van der Waals surface area contributed by atoms with E-state index < -0.39 is 53.0 Å². The molecule has 0 aromatic heterocycles. The van der Waals surface area contributed by atoms with Gasteiger partial charge in [0.1, 0.15) is 24.9 Å². The number of hydrogen-bond acceptors (Lipinski definition) is 12. The molecule has 0 aromatic rings. The fourth-order valence-electron chi connectivity index (χ4n) is 1.46. The van der Waals surface area contributed by atoms with Crippen molar-refractivity contribution in [3.05, 3.63) is 0 Å². The Morgan fingerprint density at radius 3 is 1.39 bits per heavy atom. The monoisotopic (exact) mass is 549 g/mol. The predicted octanol–water partition coefficient (Wildman–Crippen LogP) is -21.1. The summed E-state index contributed by atoms with van der Waals surface area (Å²) in [7, 11) is -10.9. The third-order valence-corrected chi connectivity index (χ3v) is 3.26. The van der Waals surface area contributed by atoms with Gasteiger partial charge in [0.15, 0.2) is 0 Å². The van der Waals surface area contributed by atoms with E-state index in [9.17, 15) is 44.0 Å². The van der Waals surface area contributed by atoms with E-state index in [0.717, 1.165) is 0 Å². The summed E-state index contributed by atoms with van der Waals surface area (Å²) >= 11 is 0. The summed E-state index contributed by atoms with van der Waals surface area (Å²) < 4.78 is 32.6. The first-order valence-corrected chi connectivity index (χ1v) is 7.86. The van der Waals surface area contributed by atoms with Gasteiger partial charge < -0.3 is 102 Å². The van der Waals surface area contributed by atoms with Crippen LogP contribution >= 0.6 is 15.6 Å². The molecule has 1 aliphatic heterocycles. The normalized spacial score (nSPS) is 22.9.